The Kier molecular flexibility index (Phi) is 3.22. The van der Waals surface area contributed by atoms with Crippen molar-refractivity contribution in [2.24, 2.45) is 0 Å². The van der Waals surface area contributed by atoms with Gasteiger partial charge in [-0.15, -0.1) is 0 Å². The lowest BCUT2D eigenvalue weighted by atomic mass is 10.4. The zero-order valence-corrected chi connectivity index (χ0v) is 6.73. The number of esters is 1. The van der Waals surface area contributed by atoms with Crippen molar-refractivity contribution >= 4 is 12.3 Å². The minimum absolute atomic E-state index is 0.0358. The molecule has 1 rings (SSSR count). The Bertz CT molecular complexity index is 301. The highest BCUT2D eigenvalue weighted by atomic mass is 16.5. The first-order valence-corrected chi connectivity index (χ1v) is 3.62. The minimum Gasteiger partial charge on any atom is -0.457 e. The summed E-state index contributed by atoms with van der Waals surface area (Å²) < 4.78 is 9.38. The number of aldehydes is 1. The van der Waals surface area contributed by atoms with Crippen molar-refractivity contribution in [2.45, 2.75) is 6.42 Å². The van der Waals surface area contributed by atoms with E-state index in [1.165, 1.54) is 12.3 Å². The zero-order chi connectivity index (χ0) is 9.68. The molecule has 0 saturated carbocycles. The molecule has 0 saturated heterocycles. The molecule has 1 aromatic heterocycles. The van der Waals surface area contributed by atoms with E-state index < -0.39 is 5.97 Å². The van der Waals surface area contributed by atoms with Crippen LogP contribution in [0.15, 0.2) is 16.7 Å². The monoisotopic (exact) mass is 184 g/mol. The van der Waals surface area contributed by atoms with Gasteiger partial charge in [-0.05, 0) is 0 Å². The summed E-state index contributed by atoms with van der Waals surface area (Å²) in [7, 11) is 0. The molecule has 70 valence electrons. The fourth-order valence-electron chi connectivity index (χ4n) is 0.744. The lowest BCUT2D eigenvalue weighted by Gasteiger charge is -1.99. The first-order chi connectivity index (χ1) is 6.27. The predicted molar refractivity (Wildman–Crippen MR) is 41.4 cm³/mol. The quantitative estimate of drug-likeness (QED) is 0.540. The summed E-state index contributed by atoms with van der Waals surface area (Å²) >= 11 is 0. The first kappa shape index (κ1) is 9.47. The van der Waals surface area contributed by atoms with Gasteiger partial charge in [0.15, 0.2) is 12.0 Å². The molecule has 0 amide bonds. The van der Waals surface area contributed by atoms with E-state index in [9.17, 15) is 9.59 Å². The van der Waals surface area contributed by atoms with Crippen LogP contribution in [0.5, 0.6) is 5.75 Å². The summed E-state index contributed by atoms with van der Waals surface area (Å²) in [5, 5.41) is 8.40. The lowest BCUT2D eigenvalue weighted by molar-refractivity contribution is -0.135. The molecule has 0 radical (unpaired) electrons. The van der Waals surface area contributed by atoms with Crippen molar-refractivity contribution in [3.8, 4) is 5.75 Å². The van der Waals surface area contributed by atoms with Crippen molar-refractivity contribution in [2.75, 3.05) is 6.61 Å². The van der Waals surface area contributed by atoms with Crippen LogP contribution in [0.4, 0.5) is 0 Å². The Morgan fingerprint density at radius 3 is 3.08 bits per heavy atom. The van der Waals surface area contributed by atoms with Crippen LogP contribution in [-0.4, -0.2) is 24.0 Å². The van der Waals surface area contributed by atoms with Crippen LogP contribution < -0.4 is 4.74 Å². The molecule has 1 aromatic rings. The largest absolute Gasteiger partial charge is 0.457 e. The number of rotatable bonds is 4. The minimum atomic E-state index is -0.605. The van der Waals surface area contributed by atoms with E-state index in [4.69, 9.17) is 9.84 Å². The highest BCUT2D eigenvalue weighted by Crippen LogP contribution is 2.17. The summed E-state index contributed by atoms with van der Waals surface area (Å²) in [6.45, 7) is -0.285. The third-order valence-corrected chi connectivity index (χ3v) is 1.30. The summed E-state index contributed by atoms with van der Waals surface area (Å²) in [5.41, 5.74) is 0. The van der Waals surface area contributed by atoms with Gasteiger partial charge in [0.05, 0.1) is 19.3 Å². The number of ether oxygens (including phenoxy) is 1. The SMILES string of the molecule is O=Cc1occc1OC(=O)CCO. The van der Waals surface area contributed by atoms with Crippen LogP contribution in [-0.2, 0) is 4.79 Å². The Hall–Kier alpha value is -1.62. The van der Waals surface area contributed by atoms with Gasteiger partial charge in [0.25, 0.3) is 0 Å². The van der Waals surface area contributed by atoms with Gasteiger partial charge in [-0.25, -0.2) is 0 Å². The second kappa shape index (κ2) is 4.42. The molecule has 13 heavy (non-hydrogen) atoms. The summed E-state index contributed by atoms with van der Waals surface area (Å²) in [4.78, 5) is 21.1. The van der Waals surface area contributed by atoms with E-state index in [1.54, 1.807) is 0 Å². The van der Waals surface area contributed by atoms with Crippen LogP contribution in [0, 0.1) is 0 Å². The molecule has 0 bridgehead atoms. The molecule has 0 fully saturated rings. The molecule has 0 aliphatic rings. The second-order valence-corrected chi connectivity index (χ2v) is 2.21. The molecule has 0 spiro atoms. The zero-order valence-electron chi connectivity index (χ0n) is 6.73. The number of aliphatic hydroxyl groups excluding tert-OH is 1. The van der Waals surface area contributed by atoms with Crippen LogP contribution in [0.3, 0.4) is 0 Å². The number of furan rings is 1. The number of carbonyl (C=O) groups excluding carboxylic acids is 2. The molecule has 1 heterocycles. The van der Waals surface area contributed by atoms with Gasteiger partial charge >= 0.3 is 5.97 Å². The molecule has 0 aliphatic carbocycles. The molecule has 5 heteroatoms. The summed E-state index contributed by atoms with van der Waals surface area (Å²) in [5.74, 6) is -0.563. The maximum Gasteiger partial charge on any atom is 0.313 e. The fraction of sp³-hybridized carbons (Fsp3) is 0.250. The average molecular weight is 184 g/mol. The van der Waals surface area contributed by atoms with Crippen molar-refractivity contribution in [1.82, 2.24) is 0 Å². The smallest absolute Gasteiger partial charge is 0.313 e. The van der Waals surface area contributed by atoms with E-state index in [0.29, 0.717) is 6.29 Å². The fourth-order valence-corrected chi connectivity index (χ4v) is 0.744. The molecule has 5 nitrogen and oxygen atoms in total. The van der Waals surface area contributed by atoms with E-state index in [1.807, 2.05) is 0 Å². The topological polar surface area (TPSA) is 76.7 Å². The Labute approximate surface area is 73.9 Å². The maximum absolute atomic E-state index is 10.8. The second-order valence-electron chi connectivity index (χ2n) is 2.21. The van der Waals surface area contributed by atoms with E-state index in [2.05, 4.69) is 4.42 Å². The summed E-state index contributed by atoms with van der Waals surface area (Å²) in [6.07, 6.45) is 1.58. The number of carbonyl (C=O) groups is 2. The van der Waals surface area contributed by atoms with Crippen LogP contribution >= 0.6 is 0 Å². The van der Waals surface area contributed by atoms with Crippen LogP contribution in [0.2, 0.25) is 0 Å². The molecular weight excluding hydrogens is 176 g/mol. The number of aliphatic hydroxyl groups is 1. The van der Waals surface area contributed by atoms with Gasteiger partial charge in [-0.1, -0.05) is 0 Å². The average Bonchev–Trinajstić information content (AvgIpc) is 2.52. The molecule has 0 aromatic carbocycles. The van der Waals surface area contributed by atoms with E-state index in [0.717, 1.165) is 0 Å². The van der Waals surface area contributed by atoms with Gasteiger partial charge in [0, 0.05) is 6.07 Å². The van der Waals surface area contributed by atoms with Crippen LogP contribution in [0.1, 0.15) is 17.0 Å². The molecular formula is C8H8O5. The van der Waals surface area contributed by atoms with Crippen LogP contribution in [0.25, 0.3) is 0 Å². The van der Waals surface area contributed by atoms with Gasteiger partial charge in [-0.2, -0.15) is 0 Å². The van der Waals surface area contributed by atoms with Gasteiger partial charge in [-0.3, -0.25) is 9.59 Å². The third-order valence-electron chi connectivity index (χ3n) is 1.30. The normalized spacial score (nSPS) is 9.62. The van der Waals surface area contributed by atoms with Crippen molar-refractivity contribution in [1.29, 1.82) is 0 Å². The van der Waals surface area contributed by atoms with Gasteiger partial charge in [0.1, 0.15) is 0 Å². The van der Waals surface area contributed by atoms with Gasteiger partial charge in [0.2, 0.25) is 5.76 Å². The molecule has 0 unspecified atom stereocenters. The van der Waals surface area contributed by atoms with E-state index >= 15 is 0 Å². The highest BCUT2D eigenvalue weighted by molar-refractivity contribution is 5.79. The van der Waals surface area contributed by atoms with Gasteiger partial charge < -0.3 is 14.3 Å². The standard InChI is InChI=1S/C8H8O5/c9-3-1-8(11)13-6-2-4-12-7(6)5-10/h2,4-5,9H,1,3H2. The summed E-state index contributed by atoms with van der Waals surface area (Å²) in [6, 6.07) is 1.36. The Balaban J connectivity index is 2.62. The predicted octanol–water partition coefficient (Wildman–Crippen LogP) is 0.380. The van der Waals surface area contributed by atoms with Crippen molar-refractivity contribution in [3.63, 3.8) is 0 Å². The van der Waals surface area contributed by atoms with E-state index in [-0.39, 0.29) is 24.5 Å². The number of hydrogen-bond acceptors (Lipinski definition) is 5. The maximum atomic E-state index is 10.8. The molecule has 0 atom stereocenters. The van der Waals surface area contributed by atoms with Crippen molar-refractivity contribution in [3.05, 3.63) is 18.1 Å². The highest BCUT2D eigenvalue weighted by Gasteiger charge is 2.10. The molecule has 1 N–H and O–H groups in total. The third kappa shape index (κ3) is 2.41. The van der Waals surface area contributed by atoms with Crippen molar-refractivity contribution < 1.29 is 23.8 Å². The molecule has 0 aliphatic heterocycles. The lowest BCUT2D eigenvalue weighted by Crippen LogP contribution is -2.09. The Morgan fingerprint density at radius 2 is 2.46 bits per heavy atom. The Morgan fingerprint density at radius 1 is 1.69 bits per heavy atom. The number of hydrogen-bond donors (Lipinski definition) is 1. The first-order valence-electron chi connectivity index (χ1n) is 3.62.